The molecule has 0 unspecified atom stereocenters. The normalized spacial score (nSPS) is 15.1. The number of nitrogens with one attached hydrogen (secondary N) is 2. The summed E-state index contributed by atoms with van der Waals surface area (Å²) in [6.45, 7) is 1.42. The number of hydrogen-bond donors (Lipinski definition) is 2. The highest BCUT2D eigenvalue weighted by Crippen LogP contribution is 2.28. The zero-order valence-corrected chi connectivity index (χ0v) is 16.6. The van der Waals surface area contributed by atoms with Crippen molar-refractivity contribution in [1.82, 2.24) is 24.8 Å². The maximum absolute atomic E-state index is 12.7. The van der Waals surface area contributed by atoms with Crippen molar-refractivity contribution in [3.8, 4) is 0 Å². The maximum Gasteiger partial charge on any atom is 0.270 e. The Hall–Kier alpha value is -3.48. The number of fused-ring (bicyclic) bond motifs is 2. The highest BCUT2D eigenvalue weighted by Gasteiger charge is 2.25. The number of hydrogen-bond acceptors (Lipinski definition) is 4. The molecule has 1 aliphatic heterocycles. The molecule has 0 spiro atoms. The molecule has 1 aliphatic rings. The fourth-order valence-electron chi connectivity index (χ4n) is 4.19. The van der Waals surface area contributed by atoms with Gasteiger partial charge in [-0.25, -0.2) is 9.97 Å². The summed E-state index contributed by atoms with van der Waals surface area (Å²) in [4.78, 5) is 42.2. The Balaban J connectivity index is 1.20. The van der Waals surface area contributed by atoms with Crippen LogP contribution in [0.25, 0.3) is 22.1 Å². The van der Waals surface area contributed by atoms with E-state index in [1.54, 1.807) is 0 Å². The Bertz CT molecular complexity index is 1230. The van der Waals surface area contributed by atoms with Crippen molar-refractivity contribution in [2.24, 2.45) is 0 Å². The predicted molar refractivity (Wildman–Crippen MR) is 115 cm³/mol. The third-order valence-electron chi connectivity index (χ3n) is 5.89. The number of aromatic amines is 2. The number of nitrogens with zero attached hydrogens (tertiary/aromatic N) is 3. The van der Waals surface area contributed by atoms with Gasteiger partial charge in [0, 0.05) is 31.8 Å². The smallest absolute Gasteiger partial charge is 0.270 e. The second kappa shape index (κ2) is 7.74. The topological polar surface area (TPSA) is 94.7 Å². The zero-order chi connectivity index (χ0) is 20.5. The lowest BCUT2D eigenvalue weighted by atomic mass is 9.96. The Morgan fingerprint density at radius 3 is 2.27 bits per heavy atom. The Morgan fingerprint density at radius 2 is 1.57 bits per heavy atom. The summed E-state index contributed by atoms with van der Waals surface area (Å²) in [7, 11) is 0. The van der Waals surface area contributed by atoms with Gasteiger partial charge < -0.3 is 14.9 Å². The minimum absolute atomic E-state index is 0.0763. The number of amides is 1. The number of aromatic nitrogens is 4. The van der Waals surface area contributed by atoms with E-state index >= 15 is 0 Å². The van der Waals surface area contributed by atoms with Gasteiger partial charge >= 0.3 is 0 Å². The number of imidazole rings is 1. The molecular formula is C23H23N5O2. The van der Waals surface area contributed by atoms with Gasteiger partial charge in [-0.1, -0.05) is 24.3 Å². The van der Waals surface area contributed by atoms with E-state index in [-0.39, 0.29) is 11.5 Å². The molecule has 0 atom stereocenters. The number of H-pyrrole nitrogens is 2. The number of likely N-dealkylation sites (tertiary alicyclic amines) is 1. The molecule has 2 N–H and O–H groups in total. The number of piperidine rings is 1. The fourth-order valence-corrected chi connectivity index (χ4v) is 4.19. The van der Waals surface area contributed by atoms with Gasteiger partial charge in [0.1, 0.15) is 11.5 Å². The molecular weight excluding hydrogens is 378 g/mol. The molecule has 1 amide bonds. The summed E-state index contributed by atoms with van der Waals surface area (Å²) in [6, 6.07) is 15.5. The quantitative estimate of drug-likeness (QED) is 0.549. The molecule has 7 heteroatoms. The molecule has 0 bridgehead atoms. The zero-order valence-electron chi connectivity index (χ0n) is 16.6. The molecule has 0 aliphatic carbocycles. The van der Waals surface area contributed by atoms with Gasteiger partial charge in [0.25, 0.3) is 5.56 Å². The molecule has 2 aromatic carbocycles. The number of rotatable bonds is 4. The number of aryl methyl sites for hydroxylation is 1. The number of carbonyl (C=O) groups excluding carboxylic acids is 1. The van der Waals surface area contributed by atoms with Crippen molar-refractivity contribution in [1.29, 1.82) is 0 Å². The summed E-state index contributed by atoms with van der Waals surface area (Å²) in [5.41, 5.74) is 3.69. The van der Waals surface area contributed by atoms with Crippen molar-refractivity contribution in [3.05, 3.63) is 70.4 Å². The highest BCUT2D eigenvalue weighted by molar-refractivity contribution is 5.77. The SMILES string of the molecule is O=C(CCc1nc2ccccc2[nH]c1=O)N1CCC(c2nc3ccccc3[nH]2)CC1. The van der Waals surface area contributed by atoms with Crippen LogP contribution in [0.2, 0.25) is 0 Å². The first-order chi connectivity index (χ1) is 14.7. The molecule has 5 rings (SSSR count). The van der Waals surface area contributed by atoms with Crippen LogP contribution >= 0.6 is 0 Å². The van der Waals surface area contributed by atoms with Crippen LogP contribution < -0.4 is 5.56 Å². The van der Waals surface area contributed by atoms with E-state index in [4.69, 9.17) is 4.98 Å². The third kappa shape index (κ3) is 3.58. The van der Waals surface area contributed by atoms with Gasteiger partial charge in [-0.2, -0.15) is 0 Å². The molecule has 3 heterocycles. The number of para-hydroxylation sites is 4. The molecule has 7 nitrogen and oxygen atoms in total. The number of benzene rings is 2. The molecule has 2 aromatic heterocycles. The van der Waals surface area contributed by atoms with E-state index in [2.05, 4.69) is 15.0 Å². The van der Waals surface area contributed by atoms with Crippen molar-refractivity contribution in [2.75, 3.05) is 13.1 Å². The van der Waals surface area contributed by atoms with Gasteiger partial charge in [-0.15, -0.1) is 0 Å². The van der Waals surface area contributed by atoms with Crippen molar-refractivity contribution >= 4 is 28.0 Å². The highest BCUT2D eigenvalue weighted by atomic mass is 16.2. The van der Waals surface area contributed by atoms with E-state index in [1.807, 2.05) is 53.4 Å². The second-order valence-corrected chi connectivity index (χ2v) is 7.82. The van der Waals surface area contributed by atoms with E-state index in [0.717, 1.165) is 35.2 Å². The summed E-state index contributed by atoms with van der Waals surface area (Å²) in [6.07, 6.45) is 2.42. The van der Waals surface area contributed by atoms with Crippen LogP contribution in [0.15, 0.2) is 53.3 Å². The van der Waals surface area contributed by atoms with Crippen LogP contribution in [-0.2, 0) is 11.2 Å². The first kappa shape index (κ1) is 18.5. The largest absolute Gasteiger partial charge is 0.343 e. The summed E-state index contributed by atoms with van der Waals surface area (Å²) in [5.74, 6) is 1.43. The Labute approximate surface area is 173 Å². The monoisotopic (exact) mass is 401 g/mol. The standard InChI is InChI=1S/C23H23N5O2/c29-21(10-9-20-23(30)27-19-8-4-1-5-16(19)24-20)28-13-11-15(12-14-28)22-25-17-6-2-3-7-18(17)26-22/h1-8,15H,9-14H2,(H,25,26)(H,27,30). The van der Waals surface area contributed by atoms with Gasteiger partial charge in [-0.3, -0.25) is 9.59 Å². The molecule has 0 radical (unpaired) electrons. The Kier molecular flexibility index (Phi) is 4.78. The predicted octanol–water partition coefficient (Wildman–Crippen LogP) is 3.14. The third-order valence-corrected chi connectivity index (χ3v) is 5.89. The first-order valence-corrected chi connectivity index (χ1v) is 10.4. The van der Waals surface area contributed by atoms with E-state index in [1.165, 1.54) is 0 Å². The van der Waals surface area contributed by atoms with Gasteiger partial charge in [0.05, 0.1) is 22.1 Å². The average molecular weight is 401 g/mol. The molecule has 30 heavy (non-hydrogen) atoms. The summed E-state index contributed by atoms with van der Waals surface area (Å²) >= 11 is 0. The lowest BCUT2D eigenvalue weighted by Gasteiger charge is -2.31. The van der Waals surface area contributed by atoms with E-state index < -0.39 is 0 Å². The van der Waals surface area contributed by atoms with Crippen molar-refractivity contribution in [3.63, 3.8) is 0 Å². The molecule has 1 fully saturated rings. The van der Waals surface area contributed by atoms with Crippen LogP contribution in [0.1, 0.15) is 36.7 Å². The maximum atomic E-state index is 12.7. The van der Waals surface area contributed by atoms with Crippen molar-refractivity contribution in [2.45, 2.75) is 31.6 Å². The first-order valence-electron chi connectivity index (χ1n) is 10.4. The molecule has 4 aromatic rings. The Morgan fingerprint density at radius 1 is 0.933 bits per heavy atom. The summed E-state index contributed by atoms with van der Waals surface area (Å²) < 4.78 is 0. The van der Waals surface area contributed by atoms with Crippen molar-refractivity contribution < 1.29 is 4.79 Å². The minimum atomic E-state index is -0.218. The molecule has 152 valence electrons. The van der Waals surface area contributed by atoms with Crippen LogP contribution in [0.3, 0.4) is 0 Å². The lowest BCUT2D eigenvalue weighted by Crippen LogP contribution is -2.38. The number of carbonyl (C=O) groups is 1. The van der Waals surface area contributed by atoms with Crippen LogP contribution in [-0.4, -0.2) is 43.8 Å². The summed E-state index contributed by atoms with van der Waals surface area (Å²) in [5, 5.41) is 0. The van der Waals surface area contributed by atoms with Gasteiger partial charge in [-0.05, 0) is 37.1 Å². The molecule has 1 saturated heterocycles. The second-order valence-electron chi connectivity index (χ2n) is 7.82. The van der Waals surface area contributed by atoms with E-state index in [9.17, 15) is 9.59 Å². The van der Waals surface area contributed by atoms with Crippen LogP contribution in [0.4, 0.5) is 0 Å². The van der Waals surface area contributed by atoms with Gasteiger partial charge in [0.2, 0.25) is 5.91 Å². The van der Waals surface area contributed by atoms with Crippen LogP contribution in [0, 0.1) is 0 Å². The van der Waals surface area contributed by atoms with Crippen LogP contribution in [0.5, 0.6) is 0 Å². The average Bonchev–Trinajstić information content (AvgIpc) is 3.22. The minimum Gasteiger partial charge on any atom is -0.343 e. The fraction of sp³-hybridized carbons (Fsp3) is 0.304. The van der Waals surface area contributed by atoms with E-state index in [0.29, 0.717) is 43.1 Å². The lowest BCUT2D eigenvalue weighted by molar-refractivity contribution is -0.132. The molecule has 0 saturated carbocycles. The van der Waals surface area contributed by atoms with Gasteiger partial charge in [0.15, 0.2) is 0 Å².